The molecule has 0 bridgehead atoms. The molecule has 0 amide bonds. The molecule has 20 heavy (non-hydrogen) atoms. The van der Waals surface area contributed by atoms with E-state index in [4.69, 9.17) is 19.9 Å². The highest BCUT2D eigenvalue weighted by molar-refractivity contribution is 5.44. The largest absolute Gasteiger partial charge is 0.493 e. The Labute approximate surface area is 121 Å². The Hall–Kier alpha value is -1.26. The summed E-state index contributed by atoms with van der Waals surface area (Å²) < 4.78 is 16.9. The lowest BCUT2D eigenvalue weighted by atomic mass is 9.97. The molecular weight excluding hydrogens is 254 g/mol. The molecule has 1 aliphatic rings. The summed E-state index contributed by atoms with van der Waals surface area (Å²) in [5.74, 6) is 2.02. The minimum atomic E-state index is 0.130. The van der Waals surface area contributed by atoms with Gasteiger partial charge in [-0.15, -0.1) is 0 Å². The first-order valence-electron chi connectivity index (χ1n) is 7.37. The van der Waals surface area contributed by atoms with Crippen LogP contribution in [0.5, 0.6) is 11.5 Å². The highest BCUT2D eigenvalue weighted by atomic mass is 16.5. The van der Waals surface area contributed by atoms with Crippen LogP contribution in [0.3, 0.4) is 0 Å². The molecule has 4 heteroatoms. The number of hydrogen-bond acceptors (Lipinski definition) is 4. The second-order valence-electron chi connectivity index (χ2n) is 5.35. The summed E-state index contributed by atoms with van der Waals surface area (Å²) in [6.45, 7) is 4.37. The van der Waals surface area contributed by atoms with E-state index in [-0.39, 0.29) is 6.10 Å². The molecule has 2 unspecified atom stereocenters. The normalized spacial score (nSPS) is 20.4. The molecule has 1 fully saturated rings. The summed E-state index contributed by atoms with van der Waals surface area (Å²) in [6.07, 6.45) is 3.19. The van der Waals surface area contributed by atoms with E-state index in [0.717, 1.165) is 37.4 Å². The van der Waals surface area contributed by atoms with Crippen molar-refractivity contribution in [3.8, 4) is 11.5 Å². The lowest BCUT2D eigenvalue weighted by molar-refractivity contribution is 0.00643. The minimum absolute atomic E-state index is 0.130. The standard InChI is InChI=1S/C16H25NO3/c1-12(7-8-17)13-5-6-15(16(10-13)18-2)20-14-4-3-9-19-11-14/h5-6,10,12,14H,3-4,7-9,11,17H2,1-2H3. The van der Waals surface area contributed by atoms with Crippen molar-refractivity contribution in [1.82, 2.24) is 0 Å². The van der Waals surface area contributed by atoms with Crippen LogP contribution in [0, 0.1) is 0 Å². The molecule has 0 aliphatic carbocycles. The maximum atomic E-state index is 6.00. The second-order valence-corrected chi connectivity index (χ2v) is 5.35. The summed E-state index contributed by atoms with van der Waals surface area (Å²) in [5, 5.41) is 0. The van der Waals surface area contributed by atoms with E-state index in [2.05, 4.69) is 19.1 Å². The molecule has 0 radical (unpaired) electrons. The van der Waals surface area contributed by atoms with Gasteiger partial charge >= 0.3 is 0 Å². The van der Waals surface area contributed by atoms with Crippen LogP contribution < -0.4 is 15.2 Å². The van der Waals surface area contributed by atoms with E-state index < -0.39 is 0 Å². The average molecular weight is 279 g/mol. The molecule has 1 aromatic rings. The van der Waals surface area contributed by atoms with Crippen LogP contribution in [0.2, 0.25) is 0 Å². The van der Waals surface area contributed by atoms with Crippen molar-refractivity contribution in [3.05, 3.63) is 23.8 Å². The van der Waals surface area contributed by atoms with Crippen LogP contribution in [0.1, 0.15) is 37.7 Å². The lowest BCUT2D eigenvalue weighted by Gasteiger charge is -2.24. The van der Waals surface area contributed by atoms with E-state index in [0.29, 0.717) is 19.1 Å². The van der Waals surface area contributed by atoms with E-state index in [1.165, 1.54) is 5.56 Å². The third-order valence-electron chi connectivity index (χ3n) is 3.77. The number of benzene rings is 1. The maximum absolute atomic E-state index is 6.00. The molecule has 2 atom stereocenters. The van der Waals surface area contributed by atoms with E-state index in [9.17, 15) is 0 Å². The number of methoxy groups -OCH3 is 1. The van der Waals surface area contributed by atoms with Crippen molar-refractivity contribution in [2.45, 2.75) is 38.2 Å². The van der Waals surface area contributed by atoms with Crippen molar-refractivity contribution >= 4 is 0 Å². The number of rotatable bonds is 6. The Morgan fingerprint density at radius 1 is 1.40 bits per heavy atom. The first kappa shape index (κ1) is 15.1. The lowest BCUT2D eigenvalue weighted by Crippen LogP contribution is -2.28. The van der Waals surface area contributed by atoms with Gasteiger partial charge in [0.05, 0.1) is 13.7 Å². The summed E-state index contributed by atoms with van der Waals surface area (Å²) in [7, 11) is 1.68. The summed E-state index contributed by atoms with van der Waals surface area (Å²) in [4.78, 5) is 0. The molecule has 1 saturated heterocycles. The van der Waals surface area contributed by atoms with Crippen molar-refractivity contribution in [2.24, 2.45) is 5.73 Å². The minimum Gasteiger partial charge on any atom is -0.493 e. The smallest absolute Gasteiger partial charge is 0.161 e. The number of hydrogen-bond donors (Lipinski definition) is 1. The molecule has 2 rings (SSSR count). The number of nitrogens with two attached hydrogens (primary N) is 1. The molecule has 1 heterocycles. The van der Waals surface area contributed by atoms with Gasteiger partial charge in [-0.25, -0.2) is 0 Å². The predicted molar refractivity (Wildman–Crippen MR) is 79.5 cm³/mol. The van der Waals surface area contributed by atoms with Gasteiger partial charge < -0.3 is 19.9 Å². The second kappa shape index (κ2) is 7.50. The highest BCUT2D eigenvalue weighted by Crippen LogP contribution is 2.33. The fourth-order valence-electron chi connectivity index (χ4n) is 2.49. The summed E-state index contributed by atoms with van der Waals surface area (Å²) in [5.41, 5.74) is 6.86. The van der Waals surface area contributed by atoms with Gasteiger partial charge in [-0.2, -0.15) is 0 Å². The third-order valence-corrected chi connectivity index (χ3v) is 3.77. The van der Waals surface area contributed by atoms with Gasteiger partial charge in [0, 0.05) is 6.61 Å². The Kier molecular flexibility index (Phi) is 5.68. The van der Waals surface area contributed by atoms with E-state index >= 15 is 0 Å². The molecule has 2 N–H and O–H groups in total. The van der Waals surface area contributed by atoms with Crippen molar-refractivity contribution < 1.29 is 14.2 Å². The van der Waals surface area contributed by atoms with Crippen LogP contribution in [-0.2, 0) is 4.74 Å². The summed E-state index contributed by atoms with van der Waals surface area (Å²) >= 11 is 0. The third kappa shape index (κ3) is 3.87. The van der Waals surface area contributed by atoms with Crippen molar-refractivity contribution in [1.29, 1.82) is 0 Å². The van der Waals surface area contributed by atoms with Gasteiger partial charge in [0.1, 0.15) is 6.10 Å². The van der Waals surface area contributed by atoms with Crippen LogP contribution in [0.4, 0.5) is 0 Å². The van der Waals surface area contributed by atoms with E-state index in [1.807, 2.05) is 6.07 Å². The van der Waals surface area contributed by atoms with Crippen LogP contribution in [0.25, 0.3) is 0 Å². The Bertz CT molecular complexity index is 416. The van der Waals surface area contributed by atoms with Gasteiger partial charge in [0.15, 0.2) is 11.5 Å². The average Bonchev–Trinajstić information content (AvgIpc) is 2.49. The van der Waals surface area contributed by atoms with Gasteiger partial charge in [0.25, 0.3) is 0 Å². The zero-order valence-corrected chi connectivity index (χ0v) is 12.4. The zero-order chi connectivity index (χ0) is 14.4. The zero-order valence-electron chi connectivity index (χ0n) is 12.4. The molecule has 0 saturated carbocycles. The first-order valence-corrected chi connectivity index (χ1v) is 7.37. The molecule has 112 valence electrons. The van der Waals surface area contributed by atoms with Crippen molar-refractivity contribution in [3.63, 3.8) is 0 Å². The fourth-order valence-corrected chi connectivity index (χ4v) is 2.49. The first-order chi connectivity index (χ1) is 9.74. The van der Waals surface area contributed by atoms with Gasteiger partial charge in [-0.1, -0.05) is 13.0 Å². The molecular formula is C16H25NO3. The quantitative estimate of drug-likeness (QED) is 0.870. The topological polar surface area (TPSA) is 53.7 Å². The van der Waals surface area contributed by atoms with Crippen molar-refractivity contribution in [2.75, 3.05) is 26.9 Å². The molecule has 4 nitrogen and oxygen atoms in total. The van der Waals surface area contributed by atoms with Crippen LogP contribution in [-0.4, -0.2) is 33.0 Å². The number of ether oxygens (including phenoxy) is 3. The maximum Gasteiger partial charge on any atom is 0.161 e. The molecule has 0 aromatic heterocycles. The highest BCUT2D eigenvalue weighted by Gasteiger charge is 2.18. The molecule has 1 aromatic carbocycles. The molecule has 0 spiro atoms. The van der Waals surface area contributed by atoms with Gasteiger partial charge in [-0.05, 0) is 49.4 Å². The van der Waals surface area contributed by atoms with Gasteiger partial charge in [-0.3, -0.25) is 0 Å². The Morgan fingerprint density at radius 2 is 2.25 bits per heavy atom. The SMILES string of the molecule is COc1cc(C(C)CCN)ccc1OC1CCCOC1. The Morgan fingerprint density at radius 3 is 2.90 bits per heavy atom. The van der Waals surface area contributed by atoms with Crippen LogP contribution >= 0.6 is 0 Å². The van der Waals surface area contributed by atoms with Crippen LogP contribution in [0.15, 0.2) is 18.2 Å². The summed E-state index contributed by atoms with van der Waals surface area (Å²) in [6, 6.07) is 6.15. The monoisotopic (exact) mass is 279 g/mol. The fraction of sp³-hybridized carbons (Fsp3) is 0.625. The molecule has 1 aliphatic heterocycles. The van der Waals surface area contributed by atoms with Gasteiger partial charge in [0.2, 0.25) is 0 Å². The predicted octanol–water partition coefficient (Wildman–Crippen LogP) is 2.71. The Balaban J connectivity index is 2.08. The van der Waals surface area contributed by atoms with E-state index in [1.54, 1.807) is 7.11 Å².